The second-order valence-corrected chi connectivity index (χ2v) is 4.75. The van der Waals surface area contributed by atoms with E-state index in [9.17, 15) is 15.2 Å². The van der Waals surface area contributed by atoms with E-state index < -0.39 is 10.5 Å². The van der Waals surface area contributed by atoms with Crippen LogP contribution >= 0.6 is 0 Å². The van der Waals surface area contributed by atoms with Gasteiger partial charge in [-0.1, -0.05) is 6.92 Å². The van der Waals surface area contributed by atoms with Crippen molar-refractivity contribution in [2.24, 2.45) is 0 Å². The summed E-state index contributed by atoms with van der Waals surface area (Å²) in [5.41, 5.74) is 0.857. The largest absolute Gasteiger partial charge is 0.394 e. The lowest BCUT2D eigenvalue weighted by molar-refractivity contribution is -0.384. The fourth-order valence-corrected chi connectivity index (χ4v) is 1.68. The normalized spacial score (nSPS) is 13.7. The van der Waals surface area contributed by atoms with E-state index in [1.165, 1.54) is 12.1 Å². The van der Waals surface area contributed by atoms with E-state index in [2.05, 4.69) is 10.6 Å². The van der Waals surface area contributed by atoms with E-state index >= 15 is 0 Å². The summed E-state index contributed by atoms with van der Waals surface area (Å²) in [6.07, 6.45) is 0.711. The minimum atomic E-state index is -0.487. The number of nitrogens with zero attached hydrogens (tertiary/aromatic N) is 1. The van der Waals surface area contributed by atoms with Crippen LogP contribution in [0.25, 0.3) is 0 Å². The maximum Gasteiger partial charge on any atom is 0.273 e. The van der Waals surface area contributed by atoms with Crippen LogP contribution in [0.5, 0.6) is 0 Å². The van der Waals surface area contributed by atoms with Gasteiger partial charge in [-0.05, 0) is 26.3 Å². The molecule has 0 aliphatic rings. The first-order chi connectivity index (χ1) is 8.94. The lowest BCUT2D eigenvalue weighted by atomic mass is 9.99. The first-order valence-corrected chi connectivity index (χ1v) is 6.36. The Morgan fingerprint density at radius 3 is 2.42 bits per heavy atom. The third kappa shape index (κ3) is 4.10. The van der Waals surface area contributed by atoms with Crippen molar-refractivity contribution >= 4 is 17.1 Å². The number of benzene rings is 1. The SMILES string of the molecule is CCNc1cc(NC(C)(CC)CO)cc([N+](=O)[O-])c1. The molecule has 0 saturated heterocycles. The molecule has 6 nitrogen and oxygen atoms in total. The Kier molecular flexibility index (Phi) is 5.11. The van der Waals surface area contributed by atoms with Gasteiger partial charge >= 0.3 is 0 Å². The second kappa shape index (κ2) is 6.38. The predicted octanol–water partition coefficient (Wildman–Crippen LogP) is 2.60. The third-order valence-electron chi connectivity index (χ3n) is 3.08. The molecule has 1 rings (SSSR count). The van der Waals surface area contributed by atoms with Crippen molar-refractivity contribution in [1.82, 2.24) is 0 Å². The van der Waals surface area contributed by atoms with Crippen LogP contribution < -0.4 is 10.6 Å². The quantitative estimate of drug-likeness (QED) is 0.522. The highest BCUT2D eigenvalue weighted by Crippen LogP contribution is 2.27. The van der Waals surface area contributed by atoms with Gasteiger partial charge < -0.3 is 15.7 Å². The average molecular weight is 267 g/mol. The Bertz CT molecular complexity index is 445. The number of anilines is 2. The molecule has 1 aromatic carbocycles. The molecule has 0 saturated carbocycles. The number of nitrogens with one attached hydrogen (secondary N) is 2. The van der Waals surface area contributed by atoms with Crippen molar-refractivity contribution in [2.45, 2.75) is 32.7 Å². The fraction of sp³-hybridized carbons (Fsp3) is 0.538. The molecule has 1 unspecified atom stereocenters. The second-order valence-electron chi connectivity index (χ2n) is 4.75. The van der Waals surface area contributed by atoms with Crippen LogP contribution in [-0.4, -0.2) is 28.7 Å². The van der Waals surface area contributed by atoms with Crippen molar-refractivity contribution in [3.8, 4) is 0 Å². The number of nitro benzene ring substituents is 1. The van der Waals surface area contributed by atoms with Crippen LogP contribution in [0.3, 0.4) is 0 Å². The standard InChI is InChI=1S/C13H21N3O3/c1-4-13(3,9-17)15-11-6-10(14-5-2)7-12(8-11)16(18)19/h6-8,14-15,17H,4-5,9H2,1-3H3. The van der Waals surface area contributed by atoms with Crippen molar-refractivity contribution in [3.05, 3.63) is 28.3 Å². The van der Waals surface area contributed by atoms with Crippen LogP contribution in [0.2, 0.25) is 0 Å². The molecule has 0 spiro atoms. The molecule has 0 amide bonds. The fourth-order valence-electron chi connectivity index (χ4n) is 1.68. The summed E-state index contributed by atoms with van der Waals surface area (Å²) >= 11 is 0. The molecule has 1 aromatic rings. The highest BCUT2D eigenvalue weighted by Gasteiger charge is 2.21. The summed E-state index contributed by atoms with van der Waals surface area (Å²) in [7, 11) is 0. The summed E-state index contributed by atoms with van der Waals surface area (Å²) in [6, 6.07) is 4.78. The number of rotatable bonds is 7. The van der Waals surface area contributed by atoms with Crippen molar-refractivity contribution in [3.63, 3.8) is 0 Å². The van der Waals surface area contributed by atoms with Gasteiger partial charge in [0.25, 0.3) is 5.69 Å². The molecule has 0 aliphatic heterocycles. The molecule has 1 atom stereocenters. The summed E-state index contributed by atoms with van der Waals surface area (Å²) in [4.78, 5) is 10.5. The lowest BCUT2D eigenvalue weighted by Gasteiger charge is -2.28. The highest BCUT2D eigenvalue weighted by molar-refractivity contribution is 5.64. The summed E-state index contributed by atoms with van der Waals surface area (Å²) in [5.74, 6) is 0. The molecule has 0 bridgehead atoms. The van der Waals surface area contributed by atoms with E-state index in [-0.39, 0.29) is 12.3 Å². The lowest BCUT2D eigenvalue weighted by Crippen LogP contribution is -2.37. The number of aliphatic hydroxyl groups is 1. The van der Waals surface area contributed by atoms with E-state index in [0.717, 1.165) is 0 Å². The Morgan fingerprint density at radius 2 is 1.95 bits per heavy atom. The minimum Gasteiger partial charge on any atom is -0.394 e. The molecular weight excluding hydrogens is 246 g/mol. The Hall–Kier alpha value is -1.82. The van der Waals surface area contributed by atoms with Crippen LogP contribution in [-0.2, 0) is 0 Å². The zero-order valence-corrected chi connectivity index (χ0v) is 11.6. The highest BCUT2D eigenvalue weighted by atomic mass is 16.6. The summed E-state index contributed by atoms with van der Waals surface area (Å²) < 4.78 is 0. The molecule has 0 aliphatic carbocycles. The Balaban J connectivity index is 3.08. The monoisotopic (exact) mass is 267 g/mol. The first kappa shape index (κ1) is 15.2. The van der Waals surface area contributed by atoms with Gasteiger partial charge in [-0.2, -0.15) is 0 Å². The molecule has 106 valence electrons. The molecule has 0 heterocycles. The van der Waals surface area contributed by atoms with Gasteiger partial charge in [0.05, 0.1) is 17.1 Å². The smallest absolute Gasteiger partial charge is 0.273 e. The Labute approximate surface area is 113 Å². The first-order valence-electron chi connectivity index (χ1n) is 6.36. The molecular formula is C13H21N3O3. The van der Waals surface area contributed by atoms with Crippen LogP contribution in [0.15, 0.2) is 18.2 Å². The number of hydrogen-bond donors (Lipinski definition) is 3. The average Bonchev–Trinajstić information content (AvgIpc) is 2.38. The molecule has 19 heavy (non-hydrogen) atoms. The van der Waals surface area contributed by atoms with Gasteiger partial charge in [-0.15, -0.1) is 0 Å². The van der Waals surface area contributed by atoms with E-state index in [0.29, 0.717) is 24.3 Å². The van der Waals surface area contributed by atoms with Gasteiger partial charge in [-0.3, -0.25) is 10.1 Å². The predicted molar refractivity (Wildman–Crippen MR) is 76.7 cm³/mol. The van der Waals surface area contributed by atoms with Gasteiger partial charge in [-0.25, -0.2) is 0 Å². The molecule has 6 heteroatoms. The number of hydrogen-bond acceptors (Lipinski definition) is 5. The maximum absolute atomic E-state index is 10.9. The van der Waals surface area contributed by atoms with Crippen LogP contribution in [0.1, 0.15) is 27.2 Å². The van der Waals surface area contributed by atoms with E-state index in [1.54, 1.807) is 6.07 Å². The van der Waals surface area contributed by atoms with Crippen molar-refractivity contribution in [1.29, 1.82) is 0 Å². The molecule has 0 aromatic heterocycles. The van der Waals surface area contributed by atoms with E-state index in [4.69, 9.17) is 0 Å². The number of non-ortho nitro benzene ring substituents is 1. The zero-order valence-electron chi connectivity index (χ0n) is 11.6. The third-order valence-corrected chi connectivity index (χ3v) is 3.08. The van der Waals surface area contributed by atoms with E-state index in [1.807, 2.05) is 20.8 Å². The summed E-state index contributed by atoms with van der Waals surface area (Å²) in [6.45, 7) is 6.40. The Morgan fingerprint density at radius 1 is 1.32 bits per heavy atom. The minimum absolute atomic E-state index is 0.0253. The van der Waals surface area contributed by atoms with Gasteiger partial charge in [0, 0.05) is 30.1 Å². The molecule has 3 N–H and O–H groups in total. The maximum atomic E-state index is 10.9. The van der Waals surface area contributed by atoms with Crippen molar-refractivity contribution in [2.75, 3.05) is 23.8 Å². The van der Waals surface area contributed by atoms with Gasteiger partial charge in [0.1, 0.15) is 0 Å². The molecule has 0 radical (unpaired) electrons. The van der Waals surface area contributed by atoms with Gasteiger partial charge in [0.15, 0.2) is 0 Å². The zero-order chi connectivity index (χ0) is 14.5. The number of aliphatic hydroxyl groups excluding tert-OH is 1. The van der Waals surface area contributed by atoms with Gasteiger partial charge in [0.2, 0.25) is 0 Å². The van der Waals surface area contributed by atoms with Crippen LogP contribution in [0.4, 0.5) is 17.1 Å². The topological polar surface area (TPSA) is 87.4 Å². The van der Waals surface area contributed by atoms with Crippen LogP contribution in [0, 0.1) is 10.1 Å². The molecule has 0 fully saturated rings. The van der Waals surface area contributed by atoms with Crippen molar-refractivity contribution < 1.29 is 10.0 Å². The number of nitro groups is 1. The summed E-state index contributed by atoms with van der Waals surface area (Å²) in [5, 5.41) is 26.5.